The maximum absolute atomic E-state index is 15.2. The first-order chi connectivity index (χ1) is 14.5. The summed E-state index contributed by atoms with van der Waals surface area (Å²) in [5.74, 6) is -0.581. The quantitative estimate of drug-likeness (QED) is 0.659. The first kappa shape index (κ1) is 21.3. The van der Waals surface area contributed by atoms with E-state index in [1.165, 1.54) is 6.42 Å². The van der Waals surface area contributed by atoms with Gasteiger partial charge in [0, 0.05) is 32.1 Å². The molecule has 1 amide bonds. The smallest absolute Gasteiger partial charge is 0.291 e. The molecule has 1 aromatic heterocycles. The highest BCUT2D eigenvalue weighted by molar-refractivity contribution is 9.10. The number of piperidine rings is 1. The van der Waals surface area contributed by atoms with E-state index in [-0.39, 0.29) is 29.5 Å². The Labute approximate surface area is 184 Å². The lowest BCUT2D eigenvalue weighted by Gasteiger charge is -2.33. The van der Waals surface area contributed by atoms with Crippen LogP contribution in [0.2, 0.25) is 0 Å². The molecular formula is C22H27BrFN3O3. The Morgan fingerprint density at radius 3 is 2.77 bits per heavy atom. The minimum Gasteiger partial charge on any atom is -0.444 e. The van der Waals surface area contributed by atoms with E-state index in [4.69, 9.17) is 9.15 Å². The molecule has 1 aromatic carbocycles. The molecule has 2 aliphatic rings. The number of morpholine rings is 1. The summed E-state index contributed by atoms with van der Waals surface area (Å²) >= 11 is 3.22. The van der Waals surface area contributed by atoms with Gasteiger partial charge < -0.3 is 24.7 Å². The number of ether oxygens (including phenoxy) is 1. The lowest BCUT2D eigenvalue weighted by atomic mass is 9.92. The van der Waals surface area contributed by atoms with Gasteiger partial charge in [-0.15, -0.1) is 0 Å². The van der Waals surface area contributed by atoms with Gasteiger partial charge in [0.05, 0.1) is 24.1 Å². The maximum atomic E-state index is 15.2. The molecule has 4 rings (SSSR count). The number of carbonyl (C=O) groups excluding carboxylic acids is 1. The van der Waals surface area contributed by atoms with Crippen molar-refractivity contribution in [2.24, 2.45) is 0 Å². The number of anilines is 2. The zero-order chi connectivity index (χ0) is 21.1. The fourth-order valence-electron chi connectivity index (χ4n) is 4.15. The standard InChI is InChI=1S/C22H27BrFN3O3/c1-14(20-13-25-7-10-29-20)15-11-17(26-22(28)19-5-6-21(23)30-19)18(12-16(15)24)27-8-3-2-4-9-27/h5-6,11-12,14,20,25H,2-4,7-10,13H2,1H3,(H,26,28). The number of carbonyl (C=O) groups is 1. The SMILES string of the molecule is CC(c1cc(NC(=O)c2ccc(Br)o2)c(N2CCCCC2)cc1F)C1CNCCO1. The number of nitrogens with zero attached hydrogens (tertiary/aromatic N) is 1. The Morgan fingerprint density at radius 1 is 1.30 bits per heavy atom. The second-order valence-electron chi connectivity index (χ2n) is 7.90. The summed E-state index contributed by atoms with van der Waals surface area (Å²) in [4.78, 5) is 14.9. The summed E-state index contributed by atoms with van der Waals surface area (Å²) in [5.41, 5.74) is 1.85. The predicted molar refractivity (Wildman–Crippen MR) is 118 cm³/mol. The van der Waals surface area contributed by atoms with E-state index in [2.05, 4.69) is 31.5 Å². The van der Waals surface area contributed by atoms with E-state index in [9.17, 15) is 4.79 Å². The highest BCUT2D eigenvalue weighted by atomic mass is 79.9. The molecule has 8 heteroatoms. The number of nitrogens with one attached hydrogen (secondary N) is 2. The predicted octanol–water partition coefficient (Wildman–Crippen LogP) is 4.52. The number of hydrogen-bond acceptors (Lipinski definition) is 5. The van der Waals surface area contributed by atoms with Crippen molar-refractivity contribution < 1.29 is 18.3 Å². The monoisotopic (exact) mass is 479 g/mol. The van der Waals surface area contributed by atoms with Gasteiger partial charge in [-0.25, -0.2) is 4.39 Å². The van der Waals surface area contributed by atoms with Gasteiger partial charge in [-0.2, -0.15) is 0 Å². The topological polar surface area (TPSA) is 66.7 Å². The highest BCUT2D eigenvalue weighted by Crippen LogP contribution is 2.36. The number of furan rings is 1. The molecule has 3 heterocycles. The van der Waals surface area contributed by atoms with Crippen LogP contribution < -0.4 is 15.5 Å². The normalized spacial score (nSPS) is 20.8. The number of rotatable bonds is 5. The van der Waals surface area contributed by atoms with Crippen LogP contribution in [0.4, 0.5) is 15.8 Å². The van der Waals surface area contributed by atoms with Crippen LogP contribution in [0.5, 0.6) is 0 Å². The Bertz CT molecular complexity index is 892. The van der Waals surface area contributed by atoms with Gasteiger partial charge >= 0.3 is 0 Å². The first-order valence-corrected chi connectivity index (χ1v) is 11.3. The van der Waals surface area contributed by atoms with E-state index in [1.54, 1.807) is 24.3 Å². The van der Waals surface area contributed by atoms with Crippen molar-refractivity contribution in [2.45, 2.75) is 38.2 Å². The molecule has 0 radical (unpaired) electrons. The van der Waals surface area contributed by atoms with Gasteiger partial charge in [-0.1, -0.05) is 6.92 Å². The Kier molecular flexibility index (Phi) is 6.75. The van der Waals surface area contributed by atoms with Crippen LogP contribution in [0.3, 0.4) is 0 Å². The van der Waals surface area contributed by atoms with Gasteiger partial charge in [-0.3, -0.25) is 4.79 Å². The minimum absolute atomic E-state index is 0.112. The number of benzene rings is 1. The fraction of sp³-hybridized carbons (Fsp3) is 0.500. The number of halogens is 2. The van der Waals surface area contributed by atoms with E-state index in [1.807, 2.05) is 6.92 Å². The average molecular weight is 480 g/mol. The third kappa shape index (κ3) is 4.71. The highest BCUT2D eigenvalue weighted by Gasteiger charge is 2.27. The van der Waals surface area contributed by atoms with Gasteiger partial charge in [0.2, 0.25) is 0 Å². The average Bonchev–Trinajstić information content (AvgIpc) is 3.22. The Hall–Kier alpha value is -1.90. The third-order valence-corrected chi connectivity index (χ3v) is 6.29. The van der Waals surface area contributed by atoms with Gasteiger partial charge in [0.25, 0.3) is 5.91 Å². The zero-order valence-electron chi connectivity index (χ0n) is 17.0. The van der Waals surface area contributed by atoms with Crippen molar-refractivity contribution in [3.8, 4) is 0 Å². The van der Waals surface area contributed by atoms with Gasteiger partial charge in [-0.05, 0) is 65.0 Å². The van der Waals surface area contributed by atoms with Crippen molar-refractivity contribution in [1.29, 1.82) is 0 Å². The molecular weight excluding hydrogens is 453 g/mol. The molecule has 0 spiro atoms. The van der Waals surface area contributed by atoms with Crippen LogP contribution in [0, 0.1) is 5.82 Å². The molecule has 2 N–H and O–H groups in total. The third-order valence-electron chi connectivity index (χ3n) is 5.86. The van der Waals surface area contributed by atoms with Crippen molar-refractivity contribution >= 4 is 33.2 Å². The van der Waals surface area contributed by atoms with Gasteiger partial charge in [0.1, 0.15) is 5.82 Å². The van der Waals surface area contributed by atoms with Gasteiger partial charge in [0.15, 0.2) is 10.4 Å². The molecule has 2 fully saturated rings. The largest absolute Gasteiger partial charge is 0.444 e. The molecule has 162 valence electrons. The van der Waals surface area contributed by atoms with Crippen molar-refractivity contribution in [3.05, 3.63) is 46.1 Å². The van der Waals surface area contributed by atoms with Crippen LogP contribution in [-0.2, 0) is 4.74 Å². The Morgan fingerprint density at radius 2 is 2.10 bits per heavy atom. The fourth-order valence-corrected chi connectivity index (χ4v) is 4.46. The van der Waals surface area contributed by atoms with Crippen LogP contribution in [0.1, 0.15) is 48.2 Å². The van der Waals surface area contributed by atoms with E-state index in [0.29, 0.717) is 34.8 Å². The summed E-state index contributed by atoms with van der Waals surface area (Å²) in [7, 11) is 0. The zero-order valence-corrected chi connectivity index (χ0v) is 18.6. The second-order valence-corrected chi connectivity index (χ2v) is 8.68. The summed E-state index contributed by atoms with van der Waals surface area (Å²) in [6.07, 6.45) is 3.17. The molecule has 30 heavy (non-hydrogen) atoms. The lowest BCUT2D eigenvalue weighted by molar-refractivity contribution is 0.0140. The van der Waals surface area contributed by atoms with E-state index < -0.39 is 0 Å². The van der Waals surface area contributed by atoms with Crippen LogP contribution in [-0.4, -0.2) is 44.8 Å². The Balaban J connectivity index is 1.66. The van der Waals surface area contributed by atoms with Crippen molar-refractivity contribution in [2.75, 3.05) is 43.0 Å². The van der Waals surface area contributed by atoms with Crippen molar-refractivity contribution in [1.82, 2.24) is 5.32 Å². The van der Waals surface area contributed by atoms with Crippen molar-refractivity contribution in [3.63, 3.8) is 0 Å². The van der Waals surface area contributed by atoms with E-state index >= 15 is 4.39 Å². The van der Waals surface area contributed by atoms with Crippen LogP contribution >= 0.6 is 15.9 Å². The second kappa shape index (κ2) is 9.49. The molecule has 2 aromatic rings. The molecule has 2 saturated heterocycles. The molecule has 2 unspecified atom stereocenters. The molecule has 0 aliphatic carbocycles. The summed E-state index contributed by atoms with van der Waals surface area (Å²) in [6.45, 7) is 5.75. The van der Waals surface area contributed by atoms with E-state index in [0.717, 1.165) is 32.5 Å². The number of amides is 1. The molecule has 6 nitrogen and oxygen atoms in total. The van der Waals surface area contributed by atoms with Crippen LogP contribution in [0.15, 0.2) is 33.4 Å². The summed E-state index contributed by atoms with van der Waals surface area (Å²) in [5, 5.41) is 6.24. The summed E-state index contributed by atoms with van der Waals surface area (Å²) in [6, 6.07) is 6.60. The lowest BCUT2D eigenvalue weighted by Crippen LogP contribution is -2.41. The minimum atomic E-state index is -0.361. The van der Waals surface area contributed by atoms with Crippen LogP contribution in [0.25, 0.3) is 0 Å². The molecule has 0 saturated carbocycles. The maximum Gasteiger partial charge on any atom is 0.291 e. The first-order valence-electron chi connectivity index (χ1n) is 10.5. The number of hydrogen-bond donors (Lipinski definition) is 2. The summed E-state index contributed by atoms with van der Waals surface area (Å²) < 4.78 is 26.9. The molecule has 2 aliphatic heterocycles. The molecule has 2 atom stereocenters. The molecule has 0 bridgehead atoms.